The van der Waals surface area contributed by atoms with E-state index in [0.717, 1.165) is 5.56 Å². The molecule has 3 heteroatoms. The summed E-state index contributed by atoms with van der Waals surface area (Å²) in [6.45, 7) is 0. The number of benzene rings is 1. The molecule has 2 aromatic rings. The molecule has 0 N–H and O–H groups in total. The summed E-state index contributed by atoms with van der Waals surface area (Å²) < 4.78 is 5.10. The van der Waals surface area contributed by atoms with Crippen LogP contribution in [-0.4, -0.2) is 4.98 Å². The molecule has 0 fully saturated rings. The Morgan fingerprint density at radius 3 is 2.64 bits per heavy atom. The van der Waals surface area contributed by atoms with E-state index in [-0.39, 0.29) is 5.56 Å². The molecular weight excluding hydrogens is 178 g/mol. The fourth-order valence-electron chi connectivity index (χ4n) is 1.21. The van der Waals surface area contributed by atoms with Crippen LogP contribution in [0.2, 0.25) is 0 Å². The summed E-state index contributed by atoms with van der Waals surface area (Å²) >= 11 is 0. The molecule has 0 amide bonds. The molecular formula is C11H9NO2. The quantitative estimate of drug-likeness (QED) is 0.717. The second kappa shape index (κ2) is 3.87. The van der Waals surface area contributed by atoms with Gasteiger partial charge in [0.2, 0.25) is 5.89 Å². The van der Waals surface area contributed by atoms with Crippen LogP contribution in [0.15, 0.2) is 51.9 Å². The van der Waals surface area contributed by atoms with Gasteiger partial charge in [0.25, 0.3) is 5.56 Å². The molecule has 1 aromatic heterocycles. The number of hydrogen-bond donors (Lipinski definition) is 0. The van der Waals surface area contributed by atoms with E-state index in [2.05, 4.69) is 4.98 Å². The van der Waals surface area contributed by atoms with Gasteiger partial charge in [0.05, 0.1) is 6.26 Å². The molecule has 0 unspecified atom stereocenters. The van der Waals surface area contributed by atoms with Crippen molar-refractivity contribution < 1.29 is 4.42 Å². The summed E-state index contributed by atoms with van der Waals surface area (Å²) in [4.78, 5) is 14.7. The van der Waals surface area contributed by atoms with Crippen molar-refractivity contribution in [1.82, 2.24) is 4.98 Å². The zero-order chi connectivity index (χ0) is 9.80. The highest BCUT2D eigenvalue weighted by molar-refractivity contribution is 5.17. The normalized spacial score (nSPS) is 10.0. The standard InChI is InChI=1S/C11H9NO2/c13-10-6-7-14-11(12-10)8-9-4-2-1-3-5-9/h1-7H,8H2. The lowest BCUT2D eigenvalue weighted by Crippen LogP contribution is -2.06. The van der Waals surface area contributed by atoms with Crippen LogP contribution >= 0.6 is 0 Å². The summed E-state index contributed by atoms with van der Waals surface area (Å²) in [5, 5.41) is 0. The molecule has 2 rings (SSSR count). The number of hydrogen-bond acceptors (Lipinski definition) is 3. The van der Waals surface area contributed by atoms with Crippen LogP contribution in [0.4, 0.5) is 0 Å². The molecule has 0 aliphatic rings. The number of nitrogens with zero attached hydrogens (tertiary/aromatic N) is 1. The molecule has 1 aromatic carbocycles. The molecule has 0 atom stereocenters. The zero-order valence-electron chi connectivity index (χ0n) is 7.51. The molecule has 0 bridgehead atoms. The molecule has 0 spiro atoms. The van der Waals surface area contributed by atoms with Crippen molar-refractivity contribution in [3.05, 3.63) is 64.5 Å². The lowest BCUT2D eigenvalue weighted by atomic mass is 10.1. The summed E-state index contributed by atoms with van der Waals surface area (Å²) in [5.74, 6) is 0.448. The first-order valence-electron chi connectivity index (χ1n) is 4.33. The second-order valence-corrected chi connectivity index (χ2v) is 2.93. The fraction of sp³-hybridized carbons (Fsp3) is 0.0909. The number of aromatic nitrogens is 1. The van der Waals surface area contributed by atoms with E-state index in [9.17, 15) is 4.79 Å². The molecule has 0 aliphatic heterocycles. The van der Waals surface area contributed by atoms with Crippen molar-refractivity contribution >= 4 is 0 Å². The van der Waals surface area contributed by atoms with Crippen LogP contribution in [-0.2, 0) is 6.42 Å². The van der Waals surface area contributed by atoms with Gasteiger partial charge in [-0.1, -0.05) is 30.3 Å². The molecule has 14 heavy (non-hydrogen) atoms. The molecule has 1 heterocycles. The first kappa shape index (κ1) is 8.69. The van der Waals surface area contributed by atoms with E-state index < -0.39 is 0 Å². The fourth-order valence-corrected chi connectivity index (χ4v) is 1.21. The zero-order valence-corrected chi connectivity index (χ0v) is 7.51. The van der Waals surface area contributed by atoms with Gasteiger partial charge in [-0.25, -0.2) is 0 Å². The van der Waals surface area contributed by atoms with Gasteiger partial charge in [-0.2, -0.15) is 4.98 Å². The minimum atomic E-state index is -0.262. The highest BCUT2D eigenvalue weighted by atomic mass is 16.3. The van der Waals surface area contributed by atoms with Gasteiger partial charge in [-0.05, 0) is 5.56 Å². The predicted octanol–water partition coefficient (Wildman–Crippen LogP) is 1.63. The van der Waals surface area contributed by atoms with Gasteiger partial charge < -0.3 is 4.42 Å². The van der Waals surface area contributed by atoms with Gasteiger partial charge in [0.15, 0.2) is 0 Å². The molecule has 0 saturated heterocycles. The topological polar surface area (TPSA) is 43.1 Å². The van der Waals surface area contributed by atoms with Crippen LogP contribution in [0.1, 0.15) is 11.5 Å². The Hall–Kier alpha value is -1.90. The third kappa shape index (κ3) is 2.07. The lowest BCUT2D eigenvalue weighted by Gasteiger charge is -1.97. The molecule has 0 radical (unpaired) electrons. The van der Waals surface area contributed by atoms with E-state index >= 15 is 0 Å². The monoisotopic (exact) mass is 187 g/mol. The summed E-state index contributed by atoms with van der Waals surface area (Å²) in [5.41, 5.74) is 0.816. The minimum Gasteiger partial charge on any atom is -0.450 e. The van der Waals surface area contributed by atoms with E-state index in [1.165, 1.54) is 12.3 Å². The Kier molecular flexibility index (Phi) is 2.40. The first-order valence-corrected chi connectivity index (χ1v) is 4.33. The molecule has 0 saturated carbocycles. The van der Waals surface area contributed by atoms with E-state index in [1.54, 1.807) is 0 Å². The van der Waals surface area contributed by atoms with Gasteiger partial charge >= 0.3 is 0 Å². The van der Waals surface area contributed by atoms with E-state index in [1.807, 2.05) is 30.3 Å². The second-order valence-electron chi connectivity index (χ2n) is 2.93. The van der Waals surface area contributed by atoms with Crippen molar-refractivity contribution in [3.8, 4) is 0 Å². The largest absolute Gasteiger partial charge is 0.450 e. The van der Waals surface area contributed by atoms with Gasteiger partial charge in [0.1, 0.15) is 0 Å². The summed E-state index contributed by atoms with van der Waals surface area (Å²) in [7, 11) is 0. The maximum atomic E-state index is 10.9. The third-order valence-corrected chi connectivity index (χ3v) is 1.85. The summed E-state index contributed by atoms with van der Waals surface area (Å²) in [6, 6.07) is 11.1. The van der Waals surface area contributed by atoms with Crippen molar-refractivity contribution in [2.45, 2.75) is 6.42 Å². The smallest absolute Gasteiger partial charge is 0.275 e. The van der Waals surface area contributed by atoms with Crippen molar-refractivity contribution in [2.75, 3.05) is 0 Å². The van der Waals surface area contributed by atoms with Crippen LogP contribution < -0.4 is 5.56 Å². The Bertz CT molecular complexity index is 462. The highest BCUT2D eigenvalue weighted by Gasteiger charge is 1.99. The van der Waals surface area contributed by atoms with Crippen LogP contribution in [0.25, 0.3) is 0 Å². The maximum Gasteiger partial charge on any atom is 0.275 e. The Morgan fingerprint density at radius 1 is 1.14 bits per heavy atom. The van der Waals surface area contributed by atoms with Gasteiger partial charge in [-0.3, -0.25) is 4.79 Å². The Balaban J connectivity index is 2.24. The van der Waals surface area contributed by atoms with Crippen molar-refractivity contribution in [1.29, 1.82) is 0 Å². The molecule has 0 aliphatic carbocycles. The van der Waals surface area contributed by atoms with Crippen LogP contribution in [0.5, 0.6) is 0 Å². The summed E-state index contributed by atoms with van der Waals surface area (Å²) in [6.07, 6.45) is 1.92. The van der Waals surface area contributed by atoms with Crippen molar-refractivity contribution in [3.63, 3.8) is 0 Å². The van der Waals surface area contributed by atoms with Gasteiger partial charge in [-0.15, -0.1) is 0 Å². The predicted molar refractivity (Wildman–Crippen MR) is 52.0 cm³/mol. The average molecular weight is 187 g/mol. The maximum absolute atomic E-state index is 10.9. The Morgan fingerprint density at radius 2 is 1.93 bits per heavy atom. The molecule has 3 nitrogen and oxygen atoms in total. The van der Waals surface area contributed by atoms with Crippen LogP contribution in [0.3, 0.4) is 0 Å². The van der Waals surface area contributed by atoms with E-state index in [4.69, 9.17) is 4.42 Å². The first-order chi connectivity index (χ1) is 6.84. The minimum absolute atomic E-state index is 0.262. The molecule has 70 valence electrons. The number of rotatable bonds is 2. The van der Waals surface area contributed by atoms with Crippen molar-refractivity contribution in [2.24, 2.45) is 0 Å². The highest BCUT2D eigenvalue weighted by Crippen LogP contribution is 2.04. The lowest BCUT2D eigenvalue weighted by molar-refractivity contribution is 0.472. The Labute approximate surface area is 81.0 Å². The van der Waals surface area contributed by atoms with Gasteiger partial charge in [0, 0.05) is 12.5 Å². The average Bonchev–Trinajstić information content (AvgIpc) is 2.19. The SMILES string of the molecule is O=c1ccoc(Cc2ccccc2)n1. The third-order valence-electron chi connectivity index (χ3n) is 1.85. The van der Waals surface area contributed by atoms with E-state index in [0.29, 0.717) is 12.3 Å². The van der Waals surface area contributed by atoms with Crippen LogP contribution in [0, 0.1) is 0 Å².